The molecular formula is C25H21ClN2O5. The van der Waals surface area contributed by atoms with Gasteiger partial charge in [-0.05, 0) is 54.4 Å². The number of carbonyl (C=O) groups is 2. The Balaban J connectivity index is 2.01. The number of amides is 1. The number of hydrogen-bond donors (Lipinski definition) is 1. The molecule has 2 aromatic carbocycles. The summed E-state index contributed by atoms with van der Waals surface area (Å²) in [6.45, 7) is 1.84. The van der Waals surface area contributed by atoms with Gasteiger partial charge in [-0.25, -0.2) is 0 Å². The van der Waals surface area contributed by atoms with Gasteiger partial charge in [0.25, 0.3) is 11.7 Å². The summed E-state index contributed by atoms with van der Waals surface area (Å²) in [6, 6.07) is 12.5. The molecule has 1 N–H and O–H groups in total. The monoisotopic (exact) mass is 464 g/mol. The van der Waals surface area contributed by atoms with E-state index in [1.165, 1.54) is 19.1 Å². The minimum absolute atomic E-state index is 0.0919. The van der Waals surface area contributed by atoms with E-state index in [0.29, 0.717) is 27.8 Å². The van der Waals surface area contributed by atoms with Gasteiger partial charge in [0, 0.05) is 23.1 Å². The van der Waals surface area contributed by atoms with Gasteiger partial charge in [0.15, 0.2) is 0 Å². The summed E-state index contributed by atoms with van der Waals surface area (Å²) in [5.74, 6) is -1.42. The number of benzene rings is 2. The first-order valence-corrected chi connectivity index (χ1v) is 10.4. The molecule has 0 aliphatic carbocycles. The first-order chi connectivity index (χ1) is 15.9. The predicted octanol–water partition coefficient (Wildman–Crippen LogP) is 4.69. The minimum atomic E-state index is -0.915. The largest absolute Gasteiger partial charge is 0.506 e. The Morgan fingerprint density at radius 2 is 1.67 bits per heavy atom. The van der Waals surface area contributed by atoms with Crippen LogP contribution in [0.15, 0.2) is 66.5 Å². The lowest BCUT2D eigenvalue weighted by atomic mass is 9.95. The van der Waals surface area contributed by atoms with Crippen molar-refractivity contribution in [2.45, 2.75) is 13.0 Å². The molecule has 1 aliphatic rings. The number of rotatable bonds is 5. The average Bonchev–Trinajstić information content (AvgIpc) is 3.10. The first kappa shape index (κ1) is 22.4. The molecule has 1 aromatic heterocycles. The van der Waals surface area contributed by atoms with Gasteiger partial charge in [-0.2, -0.15) is 0 Å². The molecule has 33 heavy (non-hydrogen) atoms. The van der Waals surface area contributed by atoms with E-state index in [4.69, 9.17) is 21.1 Å². The Labute approximate surface area is 195 Å². The lowest BCUT2D eigenvalue weighted by Gasteiger charge is -2.26. The summed E-state index contributed by atoms with van der Waals surface area (Å²) in [5.41, 5.74) is 1.94. The molecule has 4 rings (SSSR count). The lowest BCUT2D eigenvalue weighted by Crippen LogP contribution is -2.29. The Bertz CT molecular complexity index is 1250. The van der Waals surface area contributed by atoms with Crippen LogP contribution in [0.2, 0.25) is 5.02 Å². The Hall–Kier alpha value is -3.84. The predicted molar refractivity (Wildman–Crippen MR) is 125 cm³/mol. The van der Waals surface area contributed by atoms with Crippen LogP contribution in [0.25, 0.3) is 5.76 Å². The van der Waals surface area contributed by atoms with E-state index in [2.05, 4.69) is 4.98 Å². The summed E-state index contributed by atoms with van der Waals surface area (Å²) in [4.78, 5) is 31.9. The summed E-state index contributed by atoms with van der Waals surface area (Å²) < 4.78 is 10.8. The second kappa shape index (κ2) is 8.96. The first-order valence-electron chi connectivity index (χ1n) is 10.1. The molecule has 0 radical (unpaired) electrons. The van der Waals surface area contributed by atoms with E-state index in [-0.39, 0.29) is 11.1 Å². The maximum absolute atomic E-state index is 13.3. The minimum Gasteiger partial charge on any atom is -0.506 e. The van der Waals surface area contributed by atoms with Crippen LogP contribution in [0.1, 0.15) is 22.7 Å². The highest BCUT2D eigenvalue weighted by Crippen LogP contribution is 2.45. The number of ketones is 1. The van der Waals surface area contributed by atoms with Gasteiger partial charge in [0.2, 0.25) is 0 Å². The van der Waals surface area contributed by atoms with Gasteiger partial charge in [0.1, 0.15) is 22.8 Å². The number of aliphatic hydroxyl groups excluding tert-OH is 1. The van der Waals surface area contributed by atoms with E-state index < -0.39 is 23.5 Å². The molecule has 0 saturated carbocycles. The fourth-order valence-electron chi connectivity index (χ4n) is 3.91. The van der Waals surface area contributed by atoms with Crippen LogP contribution in [-0.4, -0.2) is 36.0 Å². The number of aromatic nitrogens is 1. The highest BCUT2D eigenvalue weighted by molar-refractivity contribution is 6.52. The quantitative estimate of drug-likeness (QED) is 0.335. The standard InChI is InChI=1S/C25H21ClN2O5/c1-14-7-8-16(13-17(14)26)28-22(15-9-11-27-12-10-15)21(24(30)25(28)31)23(29)20-18(32-2)5-4-6-19(20)33-3/h4-13,22,29H,1-3H3/b23-21+. The summed E-state index contributed by atoms with van der Waals surface area (Å²) in [6.07, 6.45) is 3.11. The van der Waals surface area contributed by atoms with Crippen LogP contribution in [0, 0.1) is 6.92 Å². The van der Waals surface area contributed by atoms with Crippen LogP contribution in [-0.2, 0) is 9.59 Å². The molecule has 0 bridgehead atoms. The van der Waals surface area contributed by atoms with Crippen molar-refractivity contribution in [3.63, 3.8) is 0 Å². The average molecular weight is 465 g/mol. The molecule has 1 aliphatic heterocycles. The zero-order valence-corrected chi connectivity index (χ0v) is 19.0. The fraction of sp³-hybridized carbons (Fsp3) is 0.160. The fourth-order valence-corrected chi connectivity index (χ4v) is 4.09. The van der Waals surface area contributed by atoms with Gasteiger partial charge in [-0.3, -0.25) is 19.5 Å². The number of carbonyl (C=O) groups excluding carboxylic acids is 2. The number of pyridine rings is 1. The third kappa shape index (κ3) is 3.81. The van der Waals surface area contributed by atoms with Gasteiger partial charge in [-0.15, -0.1) is 0 Å². The van der Waals surface area contributed by atoms with E-state index in [9.17, 15) is 14.7 Å². The number of Topliss-reactive ketones (excluding diaryl/α,β-unsaturated/α-hetero) is 1. The third-order valence-corrected chi connectivity index (χ3v) is 5.97. The van der Waals surface area contributed by atoms with Crippen LogP contribution in [0.3, 0.4) is 0 Å². The normalized spacial score (nSPS) is 17.3. The highest BCUT2D eigenvalue weighted by Gasteiger charge is 2.47. The molecule has 1 amide bonds. The molecule has 1 atom stereocenters. The molecule has 1 fully saturated rings. The van der Waals surface area contributed by atoms with E-state index in [0.717, 1.165) is 5.56 Å². The van der Waals surface area contributed by atoms with Gasteiger partial charge in [-0.1, -0.05) is 23.7 Å². The van der Waals surface area contributed by atoms with Crippen molar-refractivity contribution in [2.75, 3.05) is 19.1 Å². The topological polar surface area (TPSA) is 89.0 Å². The number of hydrogen-bond acceptors (Lipinski definition) is 6. The number of halogens is 1. The molecule has 1 unspecified atom stereocenters. The SMILES string of the molecule is COc1cccc(OC)c1/C(O)=C1\C(=O)C(=O)N(c2ccc(C)c(Cl)c2)C1c1ccncc1. The van der Waals surface area contributed by atoms with Crippen LogP contribution in [0.5, 0.6) is 11.5 Å². The molecule has 0 spiro atoms. The van der Waals surface area contributed by atoms with Crippen molar-refractivity contribution in [2.24, 2.45) is 0 Å². The van der Waals surface area contributed by atoms with E-state index in [1.807, 2.05) is 6.92 Å². The molecular weight excluding hydrogens is 444 g/mol. The summed E-state index contributed by atoms with van der Waals surface area (Å²) in [5, 5.41) is 11.9. The van der Waals surface area contributed by atoms with Crippen molar-refractivity contribution < 1.29 is 24.2 Å². The number of aryl methyl sites for hydroxylation is 1. The van der Waals surface area contributed by atoms with Crippen molar-refractivity contribution in [3.05, 3.63) is 88.2 Å². The second-order valence-electron chi connectivity index (χ2n) is 7.42. The lowest BCUT2D eigenvalue weighted by molar-refractivity contribution is -0.132. The highest BCUT2D eigenvalue weighted by atomic mass is 35.5. The molecule has 1 saturated heterocycles. The van der Waals surface area contributed by atoms with Crippen molar-refractivity contribution in [1.29, 1.82) is 0 Å². The number of methoxy groups -OCH3 is 2. The molecule has 2 heterocycles. The van der Waals surface area contributed by atoms with E-state index in [1.54, 1.807) is 60.9 Å². The van der Waals surface area contributed by atoms with Crippen LogP contribution >= 0.6 is 11.6 Å². The molecule has 8 heteroatoms. The van der Waals surface area contributed by atoms with Crippen molar-refractivity contribution in [1.82, 2.24) is 4.98 Å². The number of anilines is 1. The zero-order chi connectivity index (χ0) is 23.7. The second-order valence-corrected chi connectivity index (χ2v) is 7.83. The Morgan fingerprint density at radius 1 is 1.03 bits per heavy atom. The van der Waals surface area contributed by atoms with Gasteiger partial charge in [0.05, 0.1) is 25.8 Å². The smallest absolute Gasteiger partial charge is 0.300 e. The number of aliphatic hydroxyl groups is 1. The summed E-state index contributed by atoms with van der Waals surface area (Å²) >= 11 is 6.32. The molecule has 7 nitrogen and oxygen atoms in total. The third-order valence-electron chi connectivity index (χ3n) is 5.56. The number of nitrogens with zero attached hydrogens (tertiary/aromatic N) is 2. The van der Waals surface area contributed by atoms with Crippen molar-refractivity contribution in [3.8, 4) is 11.5 Å². The maximum Gasteiger partial charge on any atom is 0.300 e. The Morgan fingerprint density at radius 3 is 2.24 bits per heavy atom. The summed E-state index contributed by atoms with van der Waals surface area (Å²) in [7, 11) is 2.89. The molecule has 3 aromatic rings. The van der Waals surface area contributed by atoms with E-state index >= 15 is 0 Å². The van der Waals surface area contributed by atoms with Crippen LogP contribution < -0.4 is 14.4 Å². The van der Waals surface area contributed by atoms with Gasteiger partial charge < -0.3 is 14.6 Å². The zero-order valence-electron chi connectivity index (χ0n) is 18.2. The molecule has 168 valence electrons. The Kier molecular flexibility index (Phi) is 6.07. The number of ether oxygens (including phenoxy) is 2. The van der Waals surface area contributed by atoms with Crippen molar-refractivity contribution >= 4 is 34.7 Å². The van der Waals surface area contributed by atoms with Gasteiger partial charge >= 0.3 is 0 Å². The maximum atomic E-state index is 13.3. The van der Waals surface area contributed by atoms with Crippen LogP contribution in [0.4, 0.5) is 5.69 Å².